The second-order valence-electron chi connectivity index (χ2n) is 8.54. The molecule has 0 saturated carbocycles. The lowest BCUT2D eigenvalue weighted by Gasteiger charge is -2.08. The van der Waals surface area contributed by atoms with E-state index in [1.807, 2.05) is 83.2 Å². The molecular weight excluding hydrogens is 422 g/mol. The van der Waals surface area contributed by atoms with Gasteiger partial charge in [-0.15, -0.1) is 0 Å². The summed E-state index contributed by atoms with van der Waals surface area (Å²) in [5.41, 5.74) is 5.91. The fraction of sp³-hybridized carbons (Fsp3) is 0.179. The number of hydrogen-bond acceptors (Lipinski definition) is 3. The van der Waals surface area contributed by atoms with Crippen molar-refractivity contribution in [3.63, 3.8) is 0 Å². The molecule has 0 fully saturated rings. The minimum absolute atomic E-state index is 0.0603. The molecule has 1 N–H and O–H groups in total. The number of pyridine rings is 1. The molecule has 34 heavy (non-hydrogen) atoms. The average Bonchev–Trinajstić information content (AvgIpc) is 3.49. The maximum Gasteiger partial charge on any atom is 0.251 e. The van der Waals surface area contributed by atoms with E-state index < -0.39 is 0 Å². The Kier molecular flexibility index (Phi) is 5.95. The van der Waals surface area contributed by atoms with E-state index in [0.29, 0.717) is 18.7 Å². The van der Waals surface area contributed by atoms with Crippen LogP contribution in [0.1, 0.15) is 32.7 Å². The van der Waals surface area contributed by atoms with Gasteiger partial charge in [0.15, 0.2) is 11.5 Å². The molecule has 3 aromatic heterocycles. The van der Waals surface area contributed by atoms with E-state index >= 15 is 0 Å². The highest BCUT2D eigenvalue weighted by Gasteiger charge is 2.16. The predicted molar refractivity (Wildman–Crippen MR) is 134 cm³/mol. The molecular formula is C28H27N5O. The Labute approximate surface area is 198 Å². The first kappa shape index (κ1) is 21.6. The second-order valence-corrected chi connectivity index (χ2v) is 8.54. The summed E-state index contributed by atoms with van der Waals surface area (Å²) in [5.74, 6) is 0.814. The Morgan fingerprint density at radius 3 is 2.38 bits per heavy atom. The molecule has 0 spiro atoms. The van der Waals surface area contributed by atoms with Crippen LogP contribution in [0.4, 0.5) is 0 Å². The highest BCUT2D eigenvalue weighted by Crippen LogP contribution is 2.25. The quantitative estimate of drug-likeness (QED) is 0.386. The summed E-state index contributed by atoms with van der Waals surface area (Å²) < 4.78 is 3.96. The van der Waals surface area contributed by atoms with Gasteiger partial charge in [-0.05, 0) is 67.3 Å². The van der Waals surface area contributed by atoms with Crippen molar-refractivity contribution < 1.29 is 4.79 Å². The smallest absolute Gasteiger partial charge is 0.251 e. The van der Waals surface area contributed by atoms with Crippen LogP contribution >= 0.6 is 0 Å². The van der Waals surface area contributed by atoms with E-state index in [4.69, 9.17) is 10.1 Å². The van der Waals surface area contributed by atoms with Crippen LogP contribution < -0.4 is 5.32 Å². The summed E-state index contributed by atoms with van der Waals surface area (Å²) in [6.07, 6.45) is 4.81. The molecule has 0 aliphatic carbocycles. The lowest BCUT2D eigenvalue weighted by molar-refractivity contribution is 0.0954. The third-order valence-corrected chi connectivity index (χ3v) is 5.95. The fourth-order valence-corrected chi connectivity index (χ4v) is 4.26. The van der Waals surface area contributed by atoms with Crippen LogP contribution in [0.2, 0.25) is 0 Å². The highest BCUT2D eigenvalue weighted by atomic mass is 16.1. The van der Waals surface area contributed by atoms with Gasteiger partial charge in [-0.25, -0.2) is 9.67 Å². The summed E-state index contributed by atoms with van der Waals surface area (Å²) >= 11 is 0. The largest absolute Gasteiger partial charge is 0.352 e. The molecule has 1 amide bonds. The SMILES string of the molecule is Cc1cc(C)c2c(-n3cccc3)nn(Cc3ccc(C(=O)NCCc4ccccc4)cc3)c2n1. The molecule has 3 heterocycles. The number of hydrogen-bond donors (Lipinski definition) is 1. The number of aromatic nitrogens is 4. The molecule has 6 nitrogen and oxygen atoms in total. The van der Waals surface area contributed by atoms with Crippen LogP contribution in [0.25, 0.3) is 16.9 Å². The van der Waals surface area contributed by atoms with E-state index in [2.05, 4.69) is 30.4 Å². The summed E-state index contributed by atoms with van der Waals surface area (Å²) in [5, 5.41) is 8.95. The van der Waals surface area contributed by atoms with Gasteiger partial charge in [-0.3, -0.25) is 4.79 Å². The van der Waals surface area contributed by atoms with Gasteiger partial charge < -0.3 is 9.88 Å². The molecule has 0 atom stereocenters. The number of rotatable bonds is 7. The van der Waals surface area contributed by atoms with Gasteiger partial charge in [-0.1, -0.05) is 42.5 Å². The van der Waals surface area contributed by atoms with Crippen molar-refractivity contribution in [1.29, 1.82) is 0 Å². The molecule has 5 rings (SSSR count). The zero-order chi connectivity index (χ0) is 23.5. The van der Waals surface area contributed by atoms with Crippen molar-refractivity contribution in [2.75, 3.05) is 6.54 Å². The number of carbonyl (C=O) groups is 1. The normalized spacial score (nSPS) is 11.1. The molecule has 0 aliphatic heterocycles. The topological polar surface area (TPSA) is 64.7 Å². The monoisotopic (exact) mass is 449 g/mol. The lowest BCUT2D eigenvalue weighted by Crippen LogP contribution is -2.25. The van der Waals surface area contributed by atoms with E-state index in [0.717, 1.165) is 40.1 Å². The fourth-order valence-electron chi connectivity index (χ4n) is 4.26. The van der Waals surface area contributed by atoms with Crippen LogP contribution in [0.15, 0.2) is 85.2 Å². The van der Waals surface area contributed by atoms with Crippen molar-refractivity contribution in [1.82, 2.24) is 24.6 Å². The molecule has 0 aliphatic rings. The van der Waals surface area contributed by atoms with Crippen LogP contribution in [0, 0.1) is 13.8 Å². The van der Waals surface area contributed by atoms with Crippen LogP contribution in [0.5, 0.6) is 0 Å². The Bertz CT molecular complexity index is 1420. The molecule has 2 aromatic carbocycles. The summed E-state index contributed by atoms with van der Waals surface area (Å²) in [4.78, 5) is 17.3. The molecule has 6 heteroatoms. The lowest BCUT2D eigenvalue weighted by atomic mass is 10.1. The number of amides is 1. The number of nitrogens with one attached hydrogen (secondary N) is 1. The molecule has 5 aromatic rings. The first-order valence-electron chi connectivity index (χ1n) is 11.5. The Morgan fingerprint density at radius 1 is 0.912 bits per heavy atom. The average molecular weight is 450 g/mol. The zero-order valence-corrected chi connectivity index (χ0v) is 19.4. The van der Waals surface area contributed by atoms with Gasteiger partial charge in [-0.2, -0.15) is 5.10 Å². The Balaban J connectivity index is 1.33. The predicted octanol–water partition coefficient (Wildman–Crippen LogP) is 4.86. The number of carbonyl (C=O) groups excluding carboxylic acids is 1. The number of aryl methyl sites for hydroxylation is 2. The van der Waals surface area contributed by atoms with Gasteiger partial charge in [0.25, 0.3) is 5.91 Å². The van der Waals surface area contributed by atoms with Crippen molar-refractivity contribution in [2.24, 2.45) is 0 Å². The van der Waals surface area contributed by atoms with Crippen LogP contribution in [-0.2, 0) is 13.0 Å². The third kappa shape index (κ3) is 4.48. The summed E-state index contributed by atoms with van der Waals surface area (Å²) in [7, 11) is 0. The first-order chi connectivity index (χ1) is 16.6. The van der Waals surface area contributed by atoms with E-state index in [1.54, 1.807) is 0 Å². The van der Waals surface area contributed by atoms with Gasteiger partial charge >= 0.3 is 0 Å². The third-order valence-electron chi connectivity index (χ3n) is 5.95. The molecule has 0 bridgehead atoms. The van der Waals surface area contributed by atoms with Gasteiger partial charge in [0.2, 0.25) is 0 Å². The minimum atomic E-state index is -0.0603. The number of fused-ring (bicyclic) bond motifs is 1. The maximum absolute atomic E-state index is 12.5. The molecule has 0 unspecified atom stereocenters. The van der Waals surface area contributed by atoms with E-state index in [-0.39, 0.29) is 5.91 Å². The first-order valence-corrected chi connectivity index (χ1v) is 11.5. The maximum atomic E-state index is 12.5. The zero-order valence-electron chi connectivity index (χ0n) is 19.4. The number of nitrogens with zero attached hydrogens (tertiary/aromatic N) is 4. The van der Waals surface area contributed by atoms with Gasteiger partial charge in [0, 0.05) is 30.2 Å². The molecule has 0 saturated heterocycles. The second kappa shape index (κ2) is 9.35. The van der Waals surface area contributed by atoms with Gasteiger partial charge in [0.1, 0.15) is 0 Å². The van der Waals surface area contributed by atoms with Crippen LogP contribution in [0.3, 0.4) is 0 Å². The Morgan fingerprint density at radius 2 is 1.65 bits per heavy atom. The molecule has 0 radical (unpaired) electrons. The van der Waals surface area contributed by atoms with Crippen molar-refractivity contribution >= 4 is 16.9 Å². The highest BCUT2D eigenvalue weighted by molar-refractivity contribution is 5.94. The van der Waals surface area contributed by atoms with Crippen molar-refractivity contribution in [3.8, 4) is 5.82 Å². The van der Waals surface area contributed by atoms with E-state index in [1.165, 1.54) is 5.56 Å². The minimum Gasteiger partial charge on any atom is -0.352 e. The molecule has 170 valence electrons. The Hall–Kier alpha value is -4.19. The van der Waals surface area contributed by atoms with Crippen LogP contribution in [-0.4, -0.2) is 31.8 Å². The van der Waals surface area contributed by atoms with Gasteiger partial charge in [0.05, 0.1) is 11.9 Å². The van der Waals surface area contributed by atoms with Crippen molar-refractivity contribution in [3.05, 3.63) is 113 Å². The standard InChI is InChI=1S/C28H27N5O/c1-20-18-21(2)30-26-25(20)27(32-16-6-7-17-32)31-33(26)19-23-10-12-24(13-11-23)28(34)29-15-14-22-8-4-3-5-9-22/h3-13,16-18H,14-15,19H2,1-2H3,(H,29,34). The number of benzene rings is 2. The van der Waals surface area contributed by atoms with E-state index in [9.17, 15) is 4.79 Å². The summed E-state index contributed by atoms with van der Waals surface area (Å²) in [6.45, 7) is 5.28. The van der Waals surface area contributed by atoms with Crippen molar-refractivity contribution in [2.45, 2.75) is 26.8 Å². The summed E-state index contributed by atoms with van der Waals surface area (Å²) in [6, 6.07) is 23.9.